The molecule has 1 aromatic carbocycles. The molecule has 3 aromatic heterocycles. The molecule has 1 aliphatic rings. The third-order valence-electron chi connectivity index (χ3n) is 5.66. The van der Waals surface area contributed by atoms with Crippen LogP contribution >= 0.6 is 11.6 Å². The summed E-state index contributed by atoms with van der Waals surface area (Å²) in [6, 6.07) is 12.6. The summed E-state index contributed by atoms with van der Waals surface area (Å²) in [6.07, 6.45) is 5.44. The number of pyridine rings is 2. The van der Waals surface area contributed by atoms with Gasteiger partial charge in [-0.25, -0.2) is 9.97 Å². The molecule has 0 spiro atoms. The van der Waals surface area contributed by atoms with Crippen molar-refractivity contribution in [1.82, 2.24) is 25.1 Å². The van der Waals surface area contributed by atoms with Crippen LogP contribution in [0.5, 0.6) is 0 Å². The highest BCUT2D eigenvalue weighted by molar-refractivity contribution is 6.34. The lowest BCUT2D eigenvalue weighted by molar-refractivity contribution is 0.102. The standard InChI is InChI=1S/C23H22ClN7O/c24-17-12-14(23(32)29-19-5-1-2-10-27-19)6-7-16(17)21-20-18(8-11-28-22(20)25)31(30-21)15-4-3-9-26-13-15/h1-2,5-8,10-12,15,26H,3-4,9,13H2,(H2,25,28)(H,27,29,32). The predicted molar refractivity (Wildman–Crippen MR) is 126 cm³/mol. The summed E-state index contributed by atoms with van der Waals surface area (Å²) in [5.41, 5.74) is 8.98. The number of nitrogens with zero attached hydrogens (tertiary/aromatic N) is 4. The average Bonchev–Trinajstić information content (AvgIpc) is 3.21. The minimum atomic E-state index is -0.290. The van der Waals surface area contributed by atoms with E-state index in [2.05, 4.69) is 20.6 Å². The van der Waals surface area contributed by atoms with E-state index in [-0.39, 0.29) is 11.9 Å². The third-order valence-corrected chi connectivity index (χ3v) is 5.97. The van der Waals surface area contributed by atoms with Gasteiger partial charge in [0, 0.05) is 30.1 Å². The Bertz CT molecular complexity index is 1280. The first-order valence-corrected chi connectivity index (χ1v) is 10.9. The molecule has 1 fully saturated rings. The third kappa shape index (κ3) is 3.79. The number of halogens is 1. The molecular formula is C23H22ClN7O. The number of nitrogens with two attached hydrogens (primary N) is 1. The maximum absolute atomic E-state index is 12.6. The molecule has 1 amide bonds. The number of aromatic nitrogens is 4. The first kappa shape index (κ1) is 20.4. The van der Waals surface area contributed by atoms with Gasteiger partial charge in [-0.05, 0) is 49.7 Å². The Kier molecular flexibility index (Phi) is 5.46. The molecule has 0 bridgehead atoms. The Morgan fingerprint density at radius 1 is 1.19 bits per heavy atom. The van der Waals surface area contributed by atoms with Gasteiger partial charge in [-0.15, -0.1) is 0 Å². The van der Waals surface area contributed by atoms with Crippen LogP contribution in [-0.2, 0) is 0 Å². The van der Waals surface area contributed by atoms with Crippen molar-refractivity contribution in [2.24, 2.45) is 0 Å². The second-order valence-electron chi connectivity index (χ2n) is 7.75. The average molecular weight is 448 g/mol. The van der Waals surface area contributed by atoms with Crippen LogP contribution in [0.3, 0.4) is 0 Å². The predicted octanol–water partition coefficient (Wildman–Crippen LogP) is 3.91. The monoisotopic (exact) mass is 447 g/mol. The Morgan fingerprint density at radius 2 is 2.09 bits per heavy atom. The summed E-state index contributed by atoms with van der Waals surface area (Å²) < 4.78 is 2.02. The summed E-state index contributed by atoms with van der Waals surface area (Å²) in [5, 5.41) is 12.3. The van der Waals surface area contributed by atoms with Crippen molar-refractivity contribution in [3.63, 3.8) is 0 Å². The van der Waals surface area contributed by atoms with Crippen LogP contribution in [0.25, 0.3) is 22.2 Å². The smallest absolute Gasteiger partial charge is 0.256 e. The van der Waals surface area contributed by atoms with Crippen molar-refractivity contribution < 1.29 is 4.79 Å². The Labute approximate surface area is 189 Å². The number of fused-ring (bicyclic) bond motifs is 1. The first-order chi connectivity index (χ1) is 15.6. The molecule has 4 N–H and O–H groups in total. The van der Waals surface area contributed by atoms with Crippen LogP contribution in [0.4, 0.5) is 11.6 Å². The Hall–Kier alpha value is -3.49. The fraction of sp³-hybridized carbons (Fsp3) is 0.217. The molecular weight excluding hydrogens is 426 g/mol. The number of hydrogen-bond donors (Lipinski definition) is 3. The van der Waals surface area contributed by atoms with Gasteiger partial charge in [-0.2, -0.15) is 5.10 Å². The number of carbonyl (C=O) groups is 1. The molecule has 4 heterocycles. The van der Waals surface area contributed by atoms with Crippen molar-refractivity contribution >= 4 is 40.0 Å². The van der Waals surface area contributed by atoms with Crippen molar-refractivity contribution in [3.8, 4) is 11.3 Å². The highest BCUT2D eigenvalue weighted by atomic mass is 35.5. The van der Waals surface area contributed by atoms with Gasteiger partial charge in [0.15, 0.2) is 0 Å². The minimum Gasteiger partial charge on any atom is -0.383 e. The summed E-state index contributed by atoms with van der Waals surface area (Å²) in [6.45, 7) is 1.86. The molecule has 9 heteroatoms. The van der Waals surface area contributed by atoms with Gasteiger partial charge in [-0.1, -0.05) is 23.7 Å². The van der Waals surface area contributed by atoms with Crippen LogP contribution in [0, 0.1) is 0 Å². The molecule has 1 atom stereocenters. The maximum atomic E-state index is 12.6. The SMILES string of the molecule is Nc1nccc2c1c(-c1ccc(C(=O)Nc3ccccn3)cc1Cl)nn2C1CCCNC1. The zero-order valence-corrected chi connectivity index (χ0v) is 18.0. The van der Waals surface area contributed by atoms with E-state index in [0.29, 0.717) is 33.5 Å². The van der Waals surface area contributed by atoms with Crippen molar-refractivity contribution in [2.45, 2.75) is 18.9 Å². The fourth-order valence-electron chi connectivity index (χ4n) is 4.10. The normalized spacial score (nSPS) is 16.2. The van der Waals surface area contributed by atoms with Crippen LogP contribution < -0.4 is 16.4 Å². The van der Waals surface area contributed by atoms with Crippen molar-refractivity contribution in [1.29, 1.82) is 0 Å². The number of benzene rings is 1. The minimum absolute atomic E-state index is 0.226. The largest absolute Gasteiger partial charge is 0.383 e. The van der Waals surface area contributed by atoms with E-state index in [1.165, 1.54) is 0 Å². The number of anilines is 2. The zero-order chi connectivity index (χ0) is 22.1. The lowest BCUT2D eigenvalue weighted by Gasteiger charge is -2.23. The van der Waals surface area contributed by atoms with Gasteiger partial charge >= 0.3 is 0 Å². The first-order valence-electron chi connectivity index (χ1n) is 10.5. The van der Waals surface area contributed by atoms with Crippen LogP contribution in [0.2, 0.25) is 5.02 Å². The van der Waals surface area contributed by atoms with Crippen LogP contribution in [-0.4, -0.2) is 38.7 Å². The number of nitrogens with one attached hydrogen (secondary N) is 2. The maximum Gasteiger partial charge on any atom is 0.256 e. The van der Waals surface area contributed by atoms with Gasteiger partial charge in [0.05, 0.1) is 22.0 Å². The molecule has 162 valence electrons. The lowest BCUT2D eigenvalue weighted by Crippen LogP contribution is -2.32. The van der Waals surface area contributed by atoms with E-state index in [9.17, 15) is 4.79 Å². The van der Waals surface area contributed by atoms with Gasteiger partial charge in [0.25, 0.3) is 5.91 Å². The van der Waals surface area contributed by atoms with E-state index >= 15 is 0 Å². The number of amides is 1. The summed E-state index contributed by atoms with van der Waals surface area (Å²) >= 11 is 6.64. The molecule has 1 saturated heterocycles. The second kappa shape index (κ2) is 8.57. The molecule has 0 radical (unpaired) electrons. The van der Waals surface area contributed by atoms with Gasteiger partial charge in [0.1, 0.15) is 17.3 Å². The number of piperidine rings is 1. The zero-order valence-electron chi connectivity index (χ0n) is 17.3. The van der Waals surface area contributed by atoms with Crippen molar-refractivity contribution in [2.75, 3.05) is 24.1 Å². The summed E-state index contributed by atoms with van der Waals surface area (Å²) in [7, 11) is 0. The second-order valence-corrected chi connectivity index (χ2v) is 8.15. The number of nitrogen functional groups attached to an aromatic ring is 1. The topological polar surface area (TPSA) is 111 Å². The van der Waals surface area contributed by atoms with Gasteiger partial charge < -0.3 is 16.4 Å². The fourth-order valence-corrected chi connectivity index (χ4v) is 4.37. The molecule has 0 aliphatic carbocycles. The molecule has 1 unspecified atom stereocenters. The van der Waals surface area contributed by atoms with Crippen LogP contribution in [0.1, 0.15) is 29.2 Å². The van der Waals surface area contributed by atoms with Crippen LogP contribution in [0.15, 0.2) is 54.9 Å². The van der Waals surface area contributed by atoms with E-state index in [0.717, 1.165) is 36.8 Å². The molecule has 8 nitrogen and oxygen atoms in total. The highest BCUT2D eigenvalue weighted by Gasteiger charge is 2.24. The highest BCUT2D eigenvalue weighted by Crippen LogP contribution is 2.37. The van der Waals surface area contributed by atoms with Crippen molar-refractivity contribution in [3.05, 3.63) is 65.4 Å². The number of hydrogen-bond acceptors (Lipinski definition) is 6. The molecule has 32 heavy (non-hydrogen) atoms. The van der Waals surface area contributed by atoms with E-state index in [1.807, 2.05) is 10.7 Å². The van der Waals surface area contributed by atoms with Gasteiger partial charge in [0.2, 0.25) is 0 Å². The quantitative estimate of drug-likeness (QED) is 0.437. The summed E-state index contributed by atoms with van der Waals surface area (Å²) in [5.74, 6) is 0.588. The van der Waals surface area contributed by atoms with E-state index in [4.69, 9.17) is 22.4 Å². The number of carbonyl (C=O) groups excluding carboxylic acids is 1. The summed E-state index contributed by atoms with van der Waals surface area (Å²) in [4.78, 5) is 21.0. The van der Waals surface area contributed by atoms with Gasteiger partial charge in [-0.3, -0.25) is 9.48 Å². The molecule has 5 rings (SSSR count). The Balaban J connectivity index is 1.53. The Morgan fingerprint density at radius 3 is 2.84 bits per heavy atom. The lowest BCUT2D eigenvalue weighted by atomic mass is 10.1. The molecule has 4 aromatic rings. The van der Waals surface area contributed by atoms with E-state index in [1.54, 1.807) is 48.8 Å². The van der Waals surface area contributed by atoms with E-state index < -0.39 is 0 Å². The number of rotatable bonds is 4. The molecule has 0 saturated carbocycles. The molecule has 1 aliphatic heterocycles.